The Hall–Kier alpha value is -3.35. The molecular formula is C25H33N3O4. The van der Waals surface area contributed by atoms with E-state index in [1.54, 1.807) is 27.7 Å². The van der Waals surface area contributed by atoms with E-state index in [4.69, 9.17) is 4.74 Å². The first kappa shape index (κ1) is 24.9. The molecular weight excluding hydrogens is 406 g/mol. The lowest BCUT2D eigenvalue weighted by atomic mass is 9.98. The zero-order valence-corrected chi connectivity index (χ0v) is 19.7. The lowest BCUT2D eigenvalue weighted by molar-refractivity contribution is -0.138. The first-order valence-corrected chi connectivity index (χ1v) is 10.7. The van der Waals surface area contributed by atoms with Crippen LogP contribution in [0, 0.1) is 13.8 Å². The Morgan fingerprint density at radius 2 is 1.56 bits per heavy atom. The fraction of sp³-hybridized carbons (Fsp3) is 0.400. The van der Waals surface area contributed by atoms with Gasteiger partial charge in [-0.25, -0.2) is 4.79 Å². The predicted octanol–water partition coefficient (Wildman–Crippen LogP) is 4.36. The average molecular weight is 440 g/mol. The second-order valence-corrected chi connectivity index (χ2v) is 8.60. The average Bonchev–Trinajstić information content (AvgIpc) is 2.71. The van der Waals surface area contributed by atoms with Crippen LogP contribution in [-0.2, 0) is 14.3 Å². The highest BCUT2D eigenvalue weighted by Crippen LogP contribution is 2.26. The fourth-order valence-corrected chi connectivity index (χ4v) is 3.32. The minimum Gasteiger partial charge on any atom is -0.444 e. The summed E-state index contributed by atoms with van der Waals surface area (Å²) in [4.78, 5) is 40.0. The number of hydrogen-bond donors (Lipinski definition) is 2. The van der Waals surface area contributed by atoms with Gasteiger partial charge in [0.15, 0.2) is 0 Å². The number of likely N-dealkylation sites (N-methyl/N-ethyl adjacent to an activating group) is 1. The summed E-state index contributed by atoms with van der Waals surface area (Å²) in [5.74, 6) is -0.701. The summed E-state index contributed by atoms with van der Waals surface area (Å²) in [5.41, 5.74) is 2.56. The third-order valence-corrected chi connectivity index (χ3v) is 4.89. The van der Waals surface area contributed by atoms with Crippen LogP contribution in [0.15, 0.2) is 48.5 Å². The third-order valence-electron chi connectivity index (χ3n) is 4.89. The molecule has 0 saturated carbocycles. The van der Waals surface area contributed by atoms with E-state index < -0.39 is 17.7 Å². The summed E-state index contributed by atoms with van der Waals surface area (Å²) < 4.78 is 5.21. The maximum Gasteiger partial charge on any atom is 0.408 e. The van der Waals surface area contributed by atoms with E-state index in [2.05, 4.69) is 10.6 Å². The Bertz CT molecular complexity index is 966. The zero-order valence-electron chi connectivity index (χ0n) is 19.7. The molecule has 0 aliphatic carbocycles. The van der Waals surface area contributed by atoms with Crippen LogP contribution in [0.5, 0.6) is 0 Å². The van der Waals surface area contributed by atoms with Crippen molar-refractivity contribution in [3.8, 4) is 0 Å². The molecule has 1 unspecified atom stereocenters. The largest absolute Gasteiger partial charge is 0.444 e. The molecule has 0 saturated heterocycles. The number of anilines is 1. The van der Waals surface area contributed by atoms with Crippen molar-refractivity contribution >= 4 is 23.6 Å². The number of hydrogen-bond acceptors (Lipinski definition) is 4. The normalized spacial score (nSPS) is 11.9. The second kappa shape index (κ2) is 10.8. The highest BCUT2D eigenvalue weighted by atomic mass is 16.6. The van der Waals surface area contributed by atoms with Gasteiger partial charge in [0.25, 0.3) is 5.91 Å². The molecule has 0 aromatic heterocycles. The summed E-state index contributed by atoms with van der Waals surface area (Å²) >= 11 is 0. The molecule has 172 valence electrons. The van der Waals surface area contributed by atoms with Crippen LogP contribution in [0.4, 0.5) is 10.5 Å². The number of ether oxygens (including phenoxy) is 1. The van der Waals surface area contributed by atoms with Crippen LogP contribution in [0.2, 0.25) is 0 Å². The minimum atomic E-state index is -0.853. The number of nitrogens with one attached hydrogen (secondary N) is 2. The van der Waals surface area contributed by atoms with Gasteiger partial charge in [0.05, 0.1) is 0 Å². The van der Waals surface area contributed by atoms with Gasteiger partial charge in [-0.2, -0.15) is 0 Å². The monoisotopic (exact) mass is 439 g/mol. The molecule has 1 atom stereocenters. The molecule has 7 heteroatoms. The molecule has 0 spiro atoms. The summed E-state index contributed by atoms with van der Waals surface area (Å²) in [6.07, 6.45) is -0.682. The first-order valence-electron chi connectivity index (χ1n) is 10.7. The van der Waals surface area contributed by atoms with Gasteiger partial charge >= 0.3 is 6.09 Å². The molecule has 0 aliphatic heterocycles. The number of rotatable bonds is 7. The zero-order chi connectivity index (χ0) is 23.9. The minimum absolute atomic E-state index is 0.275. The standard InChI is InChI=1S/C25H33N3O4/c1-7-28(21(29)16-26-24(31)32-25(4,5)6)22(19-14-10-8-12-17(19)2)23(30)27-20-15-11-9-13-18(20)3/h8-15,22H,7,16H2,1-6H3,(H,26,31)(H,27,30). The molecule has 0 radical (unpaired) electrons. The molecule has 0 fully saturated rings. The number of para-hydroxylation sites is 1. The van der Waals surface area contributed by atoms with Crippen molar-refractivity contribution in [2.45, 2.75) is 53.2 Å². The van der Waals surface area contributed by atoms with Crippen LogP contribution >= 0.6 is 0 Å². The molecule has 32 heavy (non-hydrogen) atoms. The van der Waals surface area contributed by atoms with Crippen LogP contribution in [0.25, 0.3) is 0 Å². The summed E-state index contributed by atoms with van der Waals surface area (Å²) in [7, 11) is 0. The number of carbonyl (C=O) groups excluding carboxylic acids is 3. The first-order chi connectivity index (χ1) is 15.0. The number of amides is 3. The van der Waals surface area contributed by atoms with Crippen molar-refractivity contribution in [1.82, 2.24) is 10.2 Å². The summed E-state index contributed by atoms with van der Waals surface area (Å²) in [6, 6.07) is 14.1. The molecule has 0 bridgehead atoms. The van der Waals surface area contributed by atoms with E-state index in [1.807, 2.05) is 62.4 Å². The van der Waals surface area contributed by atoms with E-state index in [-0.39, 0.29) is 24.9 Å². The summed E-state index contributed by atoms with van der Waals surface area (Å²) in [6.45, 7) is 10.9. The maximum absolute atomic E-state index is 13.4. The molecule has 3 amide bonds. The van der Waals surface area contributed by atoms with E-state index >= 15 is 0 Å². The molecule has 2 aromatic rings. The maximum atomic E-state index is 13.4. The SMILES string of the molecule is CCN(C(=O)CNC(=O)OC(C)(C)C)C(C(=O)Nc1ccccc1C)c1ccccc1C. The lowest BCUT2D eigenvalue weighted by Gasteiger charge is -2.31. The van der Waals surface area contributed by atoms with Crippen molar-refractivity contribution in [2.24, 2.45) is 0 Å². The quantitative estimate of drug-likeness (QED) is 0.671. The van der Waals surface area contributed by atoms with Crippen LogP contribution in [-0.4, -0.2) is 41.5 Å². The van der Waals surface area contributed by atoms with E-state index in [0.717, 1.165) is 16.7 Å². The molecule has 2 rings (SSSR count). The highest BCUT2D eigenvalue weighted by molar-refractivity contribution is 5.99. The number of alkyl carbamates (subject to hydrolysis) is 1. The topological polar surface area (TPSA) is 87.7 Å². The van der Waals surface area contributed by atoms with E-state index in [9.17, 15) is 14.4 Å². The van der Waals surface area contributed by atoms with Crippen molar-refractivity contribution in [3.63, 3.8) is 0 Å². The van der Waals surface area contributed by atoms with Gasteiger partial charge in [0.1, 0.15) is 18.2 Å². The number of aryl methyl sites for hydroxylation is 2. The Labute approximate surface area is 190 Å². The van der Waals surface area contributed by atoms with Crippen molar-refractivity contribution < 1.29 is 19.1 Å². The van der Waals surface area contributed by atoms with Gasteiger partial charge in [0, 0.05) is 12.2 Å². The third kappa shape index (κ3) is 6.83. The Kier molecular flexibility index (Phi) is 8.41. The van der Waals surface area contributed by atoms with Gasteiger partial charge in [-0.3, -0.25) is 9.59 Å². The number of benzene rings is 2. The highest BCUT2D eigenvalue weighted by Gasteiger charge is 2.32. The Balaban J connectivity index is 2.29. The molecule has 7 nitrogen and oxygen atoms in total. The van der Waals surface area contributed by atoms with Crippen molar-refractivity contribution in [1.29, 1.82) is 0 Å². The molecule has 0 heterocycles. The van der Waals surface area contributed by atoms with Gasteiger partial charge in [-0.05, 0) is 64.3 Å². The smallest absolute Gasteiger partial charge is 0.408 e. The fourth-order valence-electron chi connectivity index (χ4n) is 3.32. The van der Waals surface area contributed by atoms with Gasteiger partial charge in [-0.1, -0.05) is 42.5 Å². The second-order valence-electron chi connectivity index (χ2n) is 8.60. The molecule has 0 aliphatic rings. The van der Waals surface area contributed by atoms with Gasteiger partial charge < -0.3 is 20.3 Å². The van der Waals surface area contributed by atoms with Gasteiger partial charge in [-0.15, -0.1) is 0 Å². The van der Waals surface area contributed by atoms with E-state index in [0.29, 0.717) is 5.69 Å². The lowest BCUT2D eigenvalue weighted by Crippen LogP contribution is -2.46. The van der Waals surface area contributed by atoms with E-state index in [1.165, 1.54) is 4.90 Å². The predicted molar refractivity (Wildman–Crippen MR) is 125 cm³/mol. The molecule has 2 N–H and O–H groups in total. The summed E-state index contributed by atoms with van der Waals surface area (Å²) in [5, 5.41) is 5.45. The molecule has 2 aromatic carbocycles. The number of carbonyl (C=O) groups is 3. The Morgan fingerprint density at radius 1 is 0.969 bits per heavy atom. The van der Waals surface area contributed by atoms with Crippen molar-refractivity contribution in [2.75, 3.05) is 18.4 Å². The van der Waals surface area contributed by atoms with Gasteiger partial charge in [0.2, 0.25) is 5.91 Å². The Morgan fingerprint density at radius 3 is 2.12 bits per heavy atom. The van der Waals surface area contributed by atoms with Crippen LogP contribution in [0.1, 0.15) is 50.4 Å². The van der Waals surface area contributed by atoms with Crippen molar-refractivity contribution in [3.05, 3.63) is 65.2 Å². The van der Waals surface area contributed by atoms with Crippen LogP contribution < -0.4 is 10.6 Å². The number of nitrogens with zero attached hydrogens (tertiary/aromatic N) is 1. The van der Waals surface area contributed by atoms with Crippen LogP contribution in [0.3, 0.4) is 0 Å².